The van der Waals surface area contributed by atoms with Crippen molar-refractivity contribution in [1.29, 1.82) is 0 Å². The summed E-state index contributed by atoms with van der Waals surface area (Å²) in [5, 5.41) is 6.21. The molecule has 584 valence electrons. The molecule has 12 aromatic heterocycles. The Kier molecular flexibility index (Phi) is 27.4. The summed E-state index contributed by atoms with van der Waals surface area (Å²) in [5.41, 5.74) is 29.7. The van der Waals surface area contributed by atoms with Crippen LogP contribution in [0.1, 0.15) is 72.7 Å². The number of rotatable bonds is 14. The maximum Gasteiger partial charge on any atom is 0.251 e. The first kappa shape index (κ1) is 86.2. The molecular weight excluding hydrogens is 2130 g/mol. The minimum absolute atomic E-state index is 0. The van der Waals surface area contributed by atoms with E-state index in [0.29, 0.717) is 30.6 Å². The molecule has 117 heavy (non-hydrogen) atoms. The average Bonchev–Trinajstić information content (AvgIpc) is 1.62. The lowest BCUT2D eigenvalue weighted by atomic mass is 10.0. The number of hydrogen-bond donors (Lipinski definition) is 6. The number of aromatic amines is 4. The number of halogens is 6. The average molecular weight is 2210 g/mol. The van der Waals surface area contributed by atoms with Gasteiger partial charge in [0.25, 0.3) is 11.8 Å². The van der Waals surface area contributed by atoms with Gasteiger partial charge in [0.05, 0.1) is 45.6 Å². The van der Waals surface area contributed by atoms with Crippen LogP contribution in [0.2, 0.25) is 0 Å². The number of carbonyl (C=O) groups is 2. The molecular formula is C93H78I6N16O2. The highest BCUT2D eigenvalue weighted by Gasteiger charge is 2.25. The molecule has 0 aliphatic carbocycles. The van der Waals surface area contributed by atoms with E-state index in [4.69, 9.17) is 19.9 Å². The Morgan fingerprint density at radius 1 is 0.239 bits per heavy atom. The van der Waals surface area contributed by atoms with E-state index in [1.807, 2.05) is 118 Å². The van der Waals surface area contributed by atoms with Crippen LogP contribution in [0.4, 0.5) is 0 Å². The van der Waals surface area contributed by atoms with Gasteiger partial charge in [0.1, 0.15) is 42.3 Å². The zero-order chi connectivity index (χ0) is 75.4. The SMILES string of the molecule is C[n+]1ccc(-c2c3nc(c(-c4cc[n+](C)cc4)c4ccc([nH]4)c(-c4cc[n+](C)cc4)c4nc(c(-c5ccc(C(=O)NCCCNC(=O)c6ccc(-c7c8nc(c(-c9cc[n+](C)cc9)c9ccc([nH]9)c(-c9cc[n+](C)cc9)c9nc(c(-c%10cc[n+](C)cc%10)c%10ccc7[nH]%10)C=C9)C=C8)cc6)cc5)c5ccc2[nH]5)C=C4)C=C3)cc1.[I-].[I-].[I-].[I-].[I-].[I-]. The van der Waals surface area contributed by atoms with Crippen molar-refractivity contribution in [3.05, 3.63) is 301 Å². The van der Waals surface area contributed by atoms with Crippen LogP contribution in [0.3, 0.4) is 0 Å². The van der Waals surface area contributed by atoms with Crippen LogP contribution < -0.4 is 182 Å². The van der Waals surface area contributed by atoms with Crippen molar-refractivity contribution in [2.75, 3.05) is 13.1 Å². The predicted molar refractivity (Wildman–Crippen MR) is 438 cm³/mol. The number of aromatic nitrogens is 14. The molecule has 16 bridgehead atoms. The van der Waals surface area contributed by atoms with Gasteiger partial charge >= 0.3 is 0 Å². The van der Waals surface area contributed by atoms with E-state index in [1.54, 1.807) is 0 Å². The van der Waals surface area contributed by atoms with Crippen molar-refractivity contribution < 1.29 is 181 Å². The van der Waals surface area contributed by atoms with E-state index in [0.717, 1.165) is 179 Å². The first-order chi connectivity index (χ1) is 54.2. The summed E-state index contributed by atoms with van der Waals surface area (Å²) in [7, 11) is 12.1. The van der Waals surface area contributed by atoms with Gasteiger partial charge in [-0.05, 0) is 172 Å². The summed E-state index contributed by atoms with van der Waals surface area (Å²) in [4.78, 5) is 65.4. The van der Waals surface area contributed by atoms with Crippen molar-refractivity contribution in [2.45, 2.75) is 6.42 Å². The van der Waals surface area contributed by atoms with Crippen molar-refractivity contribution in [1.82, 2.24) is 50.5 Å². The quantitative estimate of drug-likeness (QED) is 0.0372. The van der Waals surface area contributed by atoms with Gasteiger partial charge in [0, 0.05) is 186 Å². The molecule has 4 aliphatic heterocycles. The number of nitrogens with one attached hydrogen (secondary N) is 6. The summed E-state index contributed by atoms with van der Waals surface area (Å²) in [6.45, 7) is 0.670. The minimum atomic E-state index is -0.226. The van der Waals surface area contributed by atoms with Gasteiger partial charge in [0.2, 0.25) is 0 Å². The molecule has 0 spiro atoms. The fourth-order valence-electron chi connectivity index (χ4n) is 15.1. The second kappa shape index (κ2) is 37.2. The first-order valence-corrected chi connectivity index (χ1v) is 37.1. The minimum Gasteiger partial charge on any atom is -1.00 e. The van der Waals surface area contributed by atoms with E-state index in [1.165, 1.54) is 0 Å². The number of benzene rings is 2. The second-order valence-electron chi connectivity index (χ2n) is 28.5. The number of carbonyl (C=O) groups excluding carboxylic acids is 2. The molecule has 4 aliphatic rings. The standard InChI is InChI=1S/C93H74N16O2.6HI/c1-104-46-32-60(33-47-104)86-72-20-16-68(96-72)84(69-17-21-73(97-69)87(61-34-48-105(2)49-35-61)77-25-29-81(101-77)90(80-28-24-76(86)100-80)64-40-54-108(5)55-41-64)58-8-12-66(13-9-58)92(110)94-44-7-45-95-93(111)67-14-10-59(11-15-67)85-70-18-22-74(98-70)88(62-36-50-106(3)51-37-62)78-26-30-82(102-78)91(65-42-56-109(6)57-43-65)83-31-27-79(103-83)89(75-23-19-71(85)99-75)63-38-52-107(4)53-39-63;;;;;;/h8-43,46-57H,7,44-45H2,1-6H3,(H2-2,94,95,96,97,98,99,100,101,102,103,110,111);6*1H/q+2;;;;;;/p-2. The van der Waals surface area contributed by atoms with E-state index in [9.17, 15) is 9.59 Å². The molecule has 18 rings (SSSR count). The largest absolute Gasteiger partial charge is 1.00 e. The summed E-state index contributed by atoms with van der Waals surface area (Å²) in [6.07, 6.45) is 41.9. The van der Waals surface area contributed by atoms with Gasteiger partial charge in [-0.2, -0.15) is 0 Å². The number of H-pyrrole nitrogens is 4. The second-order valence-corrected chi connectivity index (χ2v) is 28.5. The van der Waals surface area contributed by atoms with Crippen LogP contribution in [0.5, 0.6) is 0 Å². The van der Waals surface area contributed by atoms with Crippen LogP contribution in [0.15, 0.2) is 244 Å². The molecule has 2 aromatic carbocycles. The molecule has 0 saturated carbocycles. The van der Waals surface area contributed by atoms with Gasteiger partial charge in [-0.1, -0.05) is 24.3 Å². The maximum absolute atomic E-state index is 14.1. The fourth-order valence-corrected chi connectivity index (χ4v) is 15.1. The lowest BCUT2D eigenvalue weighted by Crippen LogP contribution is -3.00. The van der Waals surface area contributed by atoms with Crippen LogP contribution in [-0.2, 0) is 42.3 Å². The Hall–Kier alpha value is -10.1. The Balaban J connectivity index is 0.00000210. The summed E-state index contributed by atoms with van der Waals surface area (Å²) in [5.74, 6) is -0.452. The monoisotopic (exact) mass is 2210 g/mol. The van der Waals surface area contributed by atoms with Crippen LogP contribution in [0.25, 0.3) is 182 Å². The molecule has 6 N–H and O–H groups in total. The first-order valence-electron chi connectivity index (χ1n) is 37.1. The highest BCUT2D eigenvalue weighted by atomic mass is 127. The van der Waals surface area contributed by atoms with E-state index in [-0.39, 0.29) is 156 Å². The molecule has 16 heterocycles. The summed E-state index contributed by atoms with van der Waals surface area (Å²) >= 11 is 0. The third-order valence-electron chi connectivity index (χ3n) is 20.9. The molecule has 24 heteroatoms. The van der Waals surface area contributed by atoms with Crippen molar-refractivity contribution in [3.8, 4) is 89.0 Å². The number of pyridine rings is 6. The number of nitrogens with zero attached hydrogens (tertiary/aromatic N) is 10. The third-order valence-corrected chi connectivity index (χ3v) is 20.9. The topological polar surface area (TPSA) is 196 Å². The molecule has 0 radical (unpaired) electrons. The molecule has 0 fully saturated rings. The normalized spacial score (nSPS) is 11.5. The van der Waals surface area contributed by atoms with Gasteiger partial charge < -0.3 is 174 Å². The maximum atomic E-state index is 14.1. The van der Waals surface area contributed by atoms with E-state index < -0.39 is 0 Å². The lowest BCUT2D eigenvalue weighted by Gasteiger charge is -2.09. The zero-order valence-corrected chi connectivity index (χ0v) is 77.3. The van der Waals surface area contributed by atoms with Gasteiger partial charge in [-0.25, -0.2) is 47.3 Å². The molecule has 14 aromatic rings. The van der Waals surface area contributed by atoms with E-state index >= 15 is 0 Å². The smallest absolute Gasteiger partial charge is 0.251 e. The number of fused-ring (bicyclic) bond motifs is 16. The highest BCUT2D eigenvalue weighted by Crippen LogP contribution is 2.42. The van der Waals surface area contributed by atoms with E-state index in [2.05, 4.69) is 275 Å². The van der Waals surface area contributed by atoms with Crippen LogP contribution in [-0.4, -0.2) is 64.8 Å². The number of amides is 2. The molecule has 0 saturated heterocycles. The molecule has 0 atom stereocenters. The van der Waals surface area contributed by atoms with Crippen LogP contribution in [0, 0.1) is 0 Å². The predicted octanol–water partition coefficient (Wildman–Crippen LogP) is -3.52. The van der Waals surface area contributed by atoms with Gasteiger partial charge in [0.15, 0.2) is 74.4 Å². The Bertz CT molecular complexity index is 6130. The van der Waals surface area contributed by atoms with Gasteiger partial charge in [-0.3, -0.25) is 9.59 Å². The van der Waals surface area contributed by atoms with Crippen molar-refractivity contribution >= 4 is 105 Å². The summed E-state index contributed by atoms with van der Waals surface area (Å²) < 4.78 is 12.2. The Morgan fingerprint density at radius 3 is 0.556 bits per heavy atom. The zero-order valence-electron chi connectivity index (χ0n) is 64.4. The number of aryl methyl sites for hydroxylation is 6. The Labute approximate surface area is 779 Å². The molecule has 2 amide bonds. The fraction of sp³-hybridized carbons (Fsp3) is 0.0968. The van der Waals surface area contributed by atoms with Crippen molar-refractivity contribution in [3.63, 3.8) is 0 Å². The van der Waals surface area contributed by atoms with Gasteiger partial charge in [-0.15, -0.1) is 0 Å². The third kappa shape index (κ3) is 17.7. The Morgan fingerprint density at radius 2 is 0.393 bits per heavy atom. The van der Waals surface area contributed by atoms with Crippen molar-refractivity contribution in [2.24, 2.45) is 42.3 Å². The molecule has 0 unspecified atom stereocenters. The van der Waals surface area contributed by atoms with Crippen LogP contribution >= 0.6 is 0 Å². The highest BCUT2D eigenvalue weighted by molar-refractivity contribution is 6.04. The number of hydrogen-bond acceptors (Lipinski definition) is 6. The summed E-state index contributed by atoms with van der Waals surface area (Å²) in [6, 6.07) is 57.8. The lowest BCUT2D eigenvalue weighted by molar-refractivity contribution is -0.671. The molecule has 18 nitrogen and oxygen atoms in total.